The molecule has 0 saturated heterocycles. The van der Waals surface area contributed by atoms with E-state index in [2.05, 4.69) is 9.88 Å². The number of fused-ring (bicyclic) bond motifs is 1. The Morgan fingerprint density at radius 3 is 2.71 bits per heavy atom. The van der Waals surface area contributed by atoms with E-state index >= 15 is 0 Å². The Kier molecular flexibility index (Phi) is 5.34. The predicted octanol–water partition coefficient (Wildman–Crippen LogP) is 4.04. The van der Waals surface area contributed by atoms with Gasteiger partial charge in [0, 0.05) is 5.69 Å². The second-order valence-corrected chi connectivity index (χ2v) is 7.00. The first-order valence-electron chi connectivity index (χ1n) is 8.78. The second-order valence-electron chi connectivity index (χ2n) is 6.06. The van der Waals surface area contributed by atoms with E-state index in [4.69, 9.17) is 14.1 Å². The third-order valence-electron chi connectivity index (χ3n) is 4.23. The molecular formula is C21H19N3O3S. The van der Waals surface area contributed by atoms with Crippen LogP contribution < -0.4 is 10.1 Å². The molecule has 0 unspecified atom stereocenters. The number of hydrogen-bond donors (Lipinski definition) is 1. The summed E-state index contributed by atoms with van der Waals surface area (Å²) in [5, 5.41) is 3.62. The minimum Gasteiger partial charge on any atom is -0.497 e. The highest BCUT2D eigenvalue weighted by Crippen LogP contribution is 2.28. The van der Waals surface area contributed by atoms with Crippen molar-refractivity contribution in [2.24, 2.45) is 0 Å². The molecule has 0 bridgehead atoms. The number of ether oxygens (including phenoxy) is 1. The molecule has 28 heavy (non-hydrogen) atoms. The van der Waals surface area contributed by atoms with E-state index in [9.17, 15) is 4.79 Å². The lowest BCUT2D eigenvalue weighted by Crippen LogP contribution is -2.24. The van der Waals surface area contributed by atoms with Crippen LogP contribution in [0.5, 0.6) is 5.75 Å². The monoisotopic (exact) mass is 393 g/mol. The quantitative estimate of drug-likeness (QED) is 0.480. The number of nitrogens with zero attached hydrogens (tertiary/aromatic N) is 2. The van der Waals surface area contributed by atoms with E-state index in [1.165, 1.54) is 11.8 Å². The van der Waals surface area contributed by atoms with E-state index in [-0.39, 0.29) is 11.7 Å². The first-order valence-corrected chi connectivity index (χ1v) is 9.77. The van der Waals surface area contributed by atoms with Crippen LogP contribution in [-0.2, 0) is 11.3 Å². The van der Waals surface area contributed by atoms with Crippen molar-refractivity contribution >= 4 is 28.7 Å². The number of carbonyl (C=O) groups excluding carboxylic acids is 1. The van der Waals surface area contributed by atoms with Crippen molar-refractivity contribution in [2.45, 2.75) is 11.7 Å². The Morgan fingerprint density at radius 2 is 1.96 bits per heavy atom. The molecule has 1 amide bonds. The highest BCUT2D eigenvalue weighted by Gasteiger charge is 2.14. The number of para-hydroxylation sites is 2. The van der Waals surface area contributed by atoms with Gasteiger partial charge in [-0.3, -0.25) is 9.36 Å². The summed E-state index contributed by atoms with van der Waals surface area (Å²) in [4.78, 5) is 16.9. The fourth-order valence-corrected chi connectivity index (χ4v) is 3.72. The Balaban J connectivity index is 1.55. The Morgan fingerprint density at radius 1 is 1.14 bits per heavy atom. The van der Waals surface area contributed by atoms with Gasteiger partial charge in [-0.15, -0.1) is 0 Å². The second kappa shape index (κ2) is 8.22. The average molecular weight is 393 g/mol. The summed E-state index contributed by atoms with van der Waals surface area (Å²) in [6.07, 6.45) is 1.59. The standard InChI is InChI=1S/C21H19N3O3S/c1-26-16-10-8-15(9-11-16)24-19-7-3-2-6-18(19)23-21(24)28-14-20(25)22-13-17-5-4-12-27-17/h2-12H,13-14H2,1H3,(H,22,25). The number of thioether (sulfide) groups is 1. The van der Waals surface area contributed by atoms with Crippen LogP contribution >= 0.6 is 11.8 Å². The van der Waals surface area contributed by atoms with Crippen molar-refractivity contribution in [3.05, 3.63) is 72.7 Å². The zero-order valence-corrected chi connectivity index (χ0v) is 16.1. The van der Waals surface area contributed by atoms with Gasteiger partial charge in [-0.1, -0.05) is 23.9 Å². The molecule has 0 aliphatic carbocycles. The van der Waals surface area contributed by atoms with Crippen molar-refractivity contribution in [3.63, 3.8) is 0 Å². The lowest BCUT2D eigenvalue weighted by atomic mass is 10.2. The lowest BCUT2D eigenvalue weighted by molar-refractivity contribution is -0.118. The number of hydrogen-bond acceptors (Lipinski definition) is 5. The Labute approximate surface area is 166 Å². The molecule has 0 aliphatic rings. The Hall–Kier alpha value is -3.19. The summed E-state index contributed by atoms with van der Waals surface area (Å²) in [5.41, 5.74) is 2.84. The molecule has 0 aliphatic heterocycles. The molecule has 2 aromatic heterocycles. The SMILES string of the molecule is COc1ccc(-n2c(SCC(=O)NCc3ccco3)nc3ccccc32)cc1. The number of amides is 1. The highest BCUT2D eigenvalue weighted by molar-refractivity contribution is 7.99. The molecule has 7 heteroatoms. The molecule has 1 N–H and O–H groups in total. The number of furan rings is 1. The molecule has 0 radical (unpaired) electrons. The molecule has 0 fully saturated rings. The van der Waals surface area contributed by atoms with Crippen molar-refractivity contribution in [1.82, 2.24) is 14.9 Å². The fourth-order valence-electron chi connectivity index (χ4n) is 2.86. The van der Waals surface area contributed by atoms with Crippen LogP contribution in [0.3, 0.4) is 0 Å². The van der Waals surface area contributed by atoms with Crippen LogP contribution in [-0.4, -0.2) is 28.3 Å². The third-order valence-corrected chi connectivity index (χ3v) is 5.17. The molecule has 4 rings (SSSR count). The summed E-state index contributed by atoms with van der Waals surface area (Å²) >= 11 is 1.40. The molecule has 142 valence electrons. The molecular weight excluding hydrogens is 374 g/mol. The molecule has 0 spiro atoms. The zero-order valence-electron chi connectivity index (χ0n) is 15.3. The minimum absolute atomic E-state index is 0.0743. The van der Waals surface area contributed by atoms with Crippen LogP contribution in [0, 0.1) is 0 Å². The largest absolute Gasteiger partial charge is 0.497 e. The van der Waals surface area contributed by atoms with Gasteiger partial charge in [0.05, 0.1) is 36.7 Å². The number of rotatable bonds is 7. The van der Waals surface area contributed by atoms with E-state index in [0.29, 0.717) is 6.54 Å². The smallest absolute Gasteiger partial charge is 0.230 e. The maximum atomic E-state index is 12.2. The van der Waals surface area contributed by atoms with E-state index < -0.39 is 0 Å². The normalized spacial score (nSPS) is 10.9. The molecule has 2 heterocycles. The predicted molar refractivity (Wildman–Crippen MR) is 109 cm³/mol. The molecule has 2 aromatic carbocycles. The number of methoxy groups -OCH3 is 1. The number of aromatic nitrogens is 2. The van der Waals surface area contributed by atoms with E-state index in [1.807, 2.05) is 54.6 Å². The van der Waals surface area contributed by atoms with Gasteiger partial charge in [0.2, 0.25) is 5.91 Å². The summed E-state index contributed by atoms with van der Waals surface area (Å²) in [7, 11) is 1.64. The van der Waals surface area contributed by atoms with Crippen LogP contribution in [0.15, 0.2) is 76.5 Å². The van der Waals surface area contributed by atoms with Crippen molar-refractivity contribution < 1.29 is 13.9 Å². The Bertz CT molecular complexity index is 1070. The van der Waals surface area contributed by atoms with Gasteiger partial charge in [0.1, 0.15) is 11.5 Å². The topological polar surface area (TPSA) is 69.3 Å². The number of benzene rings is 2. The summed E-state index contributed by atoms with van der Waals surface area (Å²) in [6.45, 7) is 0.376. The molecule has 0 saturated carbocycles. The van der Waals surface area contributed by atoms with Gasteiger partial charge in [0.15, 0.2) is 5.16 Å². The highest BCUT2D eigenvalue weighted by atomic mass is 32.2. The van der Waals surface area contributed by atoms with Crippen LogP contribution in [0.2, 0.25) is 0 Å². The summed E-state index contributed by atoms with van der Waals surface area (Å²) < 4.78 is 12.5. The van der Waals surface area contributed by atoms with Crippen LogP contribution in [0.25, 0.3) is 16.7 Å². The number of carbonyl (C=O) groups is 1. The van der Waals surface area contributed by atoms with Gasteiger partial charge in [-0.05, 0) is 48.5 Å². The average Bonchev–Trinajstić information content (AvgIpc) is 3.38. The van der Waals surface area contributed by atoms with E-state index in [1.54, 1.807) is 19.4 Å². The number of imidazole rings is 1. The minimum atomic E-state index is -0.0743. The summed E-state index contributed by atoms with van der Waals surface area (Å²) in [5.74, 6) is 1.71. The summed E-state index contributed by atoms with van der Waals surface area (Å²) in [6, 6.07) is 19.3. The van der Waals surface area contributed by atoms with Gasteiger partial charge < -0.3 is 14.5 Å². The molecule has 6 nitrogen and oxygen atoms in total. The maximum Gasteiger partial charge on any atom is 0.230 e. The van der Waals surface area contributed by atoms with Crippen molar-refractivity contribution in [2.75, 3.05) is 12.9 Å². The first-order chi connectivity index (χ1) is 13.7. The molecule has 0 atom stereocenters. The van der Waals surface area contributed by atoms with Crippen LogP contribution in [0.1, 0.15) is 5.76 Å². The van der Waals surface area contributed by atoms with Gasteiger partial charge in [-0.25, -0.2) is 4.98 Å². The molecule has 4 aromatic rings. The van der Waals surface area contributed by atoms with Gasteiger partial charge in [-0.2, -0.15) is 0 Å². The first kappa shape index (κ1) is 18.2. The van der Waals surface area contributed by atoms with Crippen LogP contribution in [0.4, 0.5) is 0 Å². The number of nitrogens with one attached hydrogen (secondary N) is 1. The zero-order chi connectivity index (χ0) is 19.3. The van der Waals surface area contributed by atoms with E-state index in [0.717, 1.165) is 33.4 Å². The van der Waals surface area contributed by atoms with Crippen molar-refractivity contribution in [3.8, 4) is 11.4 Å². The fraction of sp³-hybridized carbons (Fsp3) is 0.143. The lowest BCUT2D eigenvalue weighted by Gasteiger charge is -2.10. The maximum absolute atomic E-state index is 12.2. The van der Waals surface area contributed by atoms with Gasteiger partial charge >= 0.3 is 0 Å². The third kappa shape index (κ3) is 3.89. The van der Waals surface area contributed by atoms with Crippen molar-refractivity contribution in [1.29, 1.82) is 0 Å². The van der Waals surface area contributed by atoms with Gasteiger partial charge in [0.25, 0.3) is 0 Å².